The molecule has 0 unspecified atom stereocenters. The van der Waals surface area contributed by atoms with E-state index < -0.39 is 5.60 Å². The zero-order chi connectivity index (χ0) is 11.0. The molecule has 0 aliphatic heterocycles. The van der Waals surface area contributed by atoms with Crippen molar-refractivity contribution >= 4 is 0 Å². The lowest BCUT2D eigenvalue weighted by Gasteiger charge is -2.23. The van der Waals surface area contributed by atoms with Crippen LogP contribution in [0.3, 0.4) is 0 Å². The highest BCUT2D eigenvalue weighted by molar-refractivity contribution is 5.33. The number of hydrogen-bond donors (Lipinski definition) is 1. The van der Waals surface area contributed by atoms with E-state index in [0.717, 1.165) is 37.0 Å². The topological polar surface area (TPSA) is 29.5 Å². The maximum Gasteiger partial charge on any atom is 0.120 e. The average molecular weight is 218 g/mol. The summed E-state index contributed by atoms with van der Waals surface area (Å²) in [5.41, 5.74) is 0.436. The predicted molar refractivity (Wildman–Crippen MR) is 62.5 cm³/mol. The molecule has 1 N–H and O–H groups in total. The van der Waals surface area contributed by atoms with E-state index in [4.69, 9.17) is 4.74 Å². The van der Waals surface area contributed by atoms with Crippen molar-refractivity contribution in [3.8, 4) is 5.75 Å². The van der Waals surface area contributed by atoms with Crippen molar-refractivity contribution in [2.75, 3.05) is 0 Å². The molecule has 3 rings (SSSR count). The molecule has 2 aliphatic carbocycles. The van der Waals surface area contributed by atoms with Gasteiger partial charge in [0.25, 0.3) is 0 Å². The minimum absolute atomic E-state index is 0.425. The van der Waals surface area contributed by atoms with Gasteiger partial charge in [0.2, 0.25) is 0 Å². The van der Waals surface area contributed by atoms with Gasteiger partial charge in [0.1, 0.15) is 5.75 Å². The third kappa shape index (κ3) is 1.94. The summed E-state index contributed by atoms with van der Waals surface area (Å²) in [5, 5.41) is 10.5. The number of ether oxygens (including phenoxy) is 1. The van der Waals surface area contributed by atoms with Gasteiger partial charge in [-0.1, -0.05) is 25.0 Å². The zero-order valence-corrected chi connectivity index (χ0v) is 9.48. The van der Waals surface area contributed by atoms with Crippen LogP contribution in [0.5, 0.6) is 5.75 Å². The Morgan fingerprint density at radius 2 is 1.94 bits per heavy atom. The molecule has 0 atom stereocenters. The minimum atomic E-state index is -0.594. The van der Waals surface area contributed by atoms with Gasteiger partial charge in [-0.15, -0.1) is 0 Å². The first-order valence-electron chi connectivity index (χ1n) is 6.26. The second-order valence-corrected chi connectivity index (χ2v) is 5.08. The summed E-state index contributed by atoms with van der Waals surface area (Å²) in [6.07, 6.45) is 6.81. The van der Waals surface area contributed by atoms with Gasteiger partial charge in [0.05, 0.1) is 11.7 Å². The van der Waals surface area contributed by atoms with Gasteiger partial charge in [-0.3, -0.25) is 0 Å². The first kappa shape index (κ1) is 10.2. The molecule has 0 amide bonds. The van der Waals surface area contributed by atoms with Crippen LogP contribution in [0.2, 0.25) is 0 Å². The number of aliphatic hydroxyl groups is 1. The summed E-state index contributed by atoms with van der Waals surface area (Å²) in [7, 11) is 0. The van der Waals surface area contributed by atoms with E-state index >= 15 is 0 Å². The van der Waals surface area contributed by atoms with Crippen LogP contribution < -0.4 is 4.74 Å². The molecule has 1 aromatic rings. The molecule has 2 nitrogen and oxygen atoms in total. The average Bonchev–Trinajstić information content (AvgIpc) is 2.99. The molecule has 0 radical (unpaired) electrons. The van der Waals surface area contributed by atoms with Crippen molar-refractivity contribution in [1.29, 1.82) is 0 Å². The first-order chi connectivity index (χ1) is 7.76. The Balaban J connectivity index is 1.82. The van der Waals surface area contributed by atoms with Crippen LogP contribution >= 0.6 is 0 Å². The SMILES string of the molecule is OC1(c2cccc(OC3CC3)c2)CCCC1. The van der Waals surface area contributed by atoms with Crippen molar-refractivity contribution in [3.05, 3.63) is 29.8 Å². The largest absolute Gasteiger partial charge is 0.490 e. The van der Waals surface area contributed by atoms with Crippen molar-refractivity contribution in [2.24, 2.45) is 0 Å². The molecule has 2 aliphatic rings. The molecule has 86 valence electrons. The maximum atomic E-state index is 10.5. The smallest absolute Gasteiger partial charge is 0.120 e. The van der Waals surface area contributed by atoms with Crippen LogP contribution in [0.4, 0.5) is 0 Å². The summed E-state index contributed by atoms with van der Waals surface area (Å²) in [5.74, 6) is 0.917. The van der Waals surface area contributed by atoms with E-state index in [1.165, 1.54) is 12.8 Å². The Morgan fingerprint density at radius 3 is 2.62 bits per heavy atom. The molecule has 16 heavy (non-hydrogen) atoms. The van der Waals surface area contributed by atoms with Gasteiger partial charge in [-0.2, -0.15) is 0 Å². The van der Waals surface area contributed by atoms with E-state index in [0.29, 0.717) is 6.10 Å². The van der Waals surface area contributed by atoms with Crippen LogP contribution in [0, 0.1) is 0 Å². The maximum absolute atomic E-state index is 10.5. The van der Waals surface area contributed by atoms with Crippen LogP contribution in [0.25, 0.3) is 0 Å². The highest BCUT2D eigenvalue weighted by Gasteiger charge is 2.33. The van der Waals surface area contributed by atoms with E-state index in [9.17, 15) is 5.11 Å². The summed E-state index contributed by atoms with van der Waals surface area (Å²) in [6.45, 7) is 0. The fourth-order valence-electron chi connectivity index (χ4n) is 2.49. The Labute approximate surface area is 96.2 Å². The van der Waals surface area contributed by atoms with Crippen LogP contribution in [0.1, 0.15) is 44.1 Å². The Hall–Kier alpha value is -1.02. The molecule has 0 spiro atoms. The molecule has 0 heterocycles. The van der Waals surface area contributed by atoms with Crippen LogP contribution in [-0.4, -0.2) is 11.2 Å². The lowest BCUT2D eigenvalue weighted by Crippen LogP contribution is -2.20. The lowest BCUT2D eigenvalue weighted by molar-refractivity contribution is 0.0442. The van der Waals surface area contributed by atoms with Crippen molar-refractivity contribution in [1.82, 2.24) is 0 Å². The molecular formula is C14H18O2. The molecule has 0 aromatic heterocycles. The highest BCUT2D eigenvalue weighted by Crippen LogP contribution is 2.39. The Kier molecular flexibility index (Phi) is 2.40. The van der Waals surface area contributed by atoms with Gasteiger partial charge in [-0.05, 0) is 43.4 Å². The molecule has 2 fully saturated rings. The van der Waals surface area contributed by atoms with Gasteiger partial charge in [0.15, 0.2) is 0 Å². The molecule has 1 aromatic carbocycles. The lowest BCUT2D eigenvalue weighted by atomic mass is 9.92. The number of benzene rings is 1. The summed E-state index contributed by atoms with van der Waals surface area (Å²) < 4.78 is 5.76. The van der Waals surface area contributed by atoms with E-state index in [2.05, 4.69) is 0 Å². The van der Waals surface area contributed by atoms with E-state index in [1.807, 2.05) is 24.3 Å². The third-order valence-electron chi connectivity index (χ3n) is 3.63. The van der Waals surface area contributed by atoms with Crippen molar-refractivity contribution in [2.45, 2.75) is 50.2 Å². The first-order valence-corrected chi connectivity index (χ1v) is 6.26. The number of rotatable bonds is 3. The summed E-state index contributed by atoms with van der Waals surface area (Å²) >= 11 is 0. The normalized spacial score (nSPS) is 23.3. The van der Waals surface area contributed by atoms with Gasteiger partial charge >= 0.3 is 0 Å². The molecule has 0 bridgehead atoms. The minimum Gasteiger partial charge on any atom is -0.490 e. The highest BCUT2D eigenvalue weighted by atomic mass is 16.5. The quantitative estimate of drug-likeness (QED) is 0.845. The second-order valence-electron chi connectivity index (χ2n) is 5.08. The predicted octanol–water partition coefficient (Wildman–Crippen LogP) is 2.99. The Bertz CT molecular complexity index is 376. The monoisotopic (exact) mass is 218 g/mol. The fraction of sp³-hybridized carbons (Fsp3) is 0.571. The van der Waals surface area contributed by atoms with E-state index in [1.54, 1.807) is 0 Å². The summed E-state index contributed by atoms with van der Waals surface area (Å²) in [6, 6.07) is 8.01. The van der Waals surface area contributed by atoms with E-state index in [-0.39, 0.29) is 0 Å². The zero-order valence-electron chi connectivity index (χ0n) is 9.48. The van der Waals surface area contributed by atoms with Crippen molar-refractivity contribution < 1.29 is 9.84 Å². The fourth-order valence-corrected chi connectivity index (χ4v) is 2.49. The molecule has 0 saturated heterocycles. The van der Waals surface area contributed by atoms with Crippen LogP contribution in [-0.2, 0) is 5.60 Å². The standard InChI is InChI=1S/C14H18O2/c15-14(8-1-2-9-14)11-4-3-5-13(10-11)16-12-6-7-12/h3-5,10,12,15H,1-2,6-9H2. The molecular weight excluding hydrogens is 200 g/mol. The molecule has 2 heteroatoms. The van der Waals surface area contributed by atoms with Crippen molar-refractivity contribution in [3.63, 3.8) is 0 Å². The third-order valence-corrected chi connectivity index (χ3v) is 3.63. The van der Waals surface area contributed by atoms with Gasteiger partial charge in [0, 0.05) is 0 Å². The summed E-state index contributed by atoms with van der Waals surface area (Å²) in [4.78, 5) is 0. The second kappa shape index (κ2) is 3.77. The number of hydrogen-bond acceptors (Lipinski definition) is 2. The van der Waals surface area contributed by atoms with Gasteiger partial charge in [-0.25, -0.2) is 0 Å². The van der Waals surface area contributed by atoms with Crippen LogP contribution in [0.15, 0.2) is 24.3 Å². The molecule has 2 saturated carbocycles. The van der Waals surface area contributed by atoms with Gasteiger partial charge < -0.3 is 9.84 Å². The Morgan fingerprint density at radius 1 is 1.19 bits per heavy atom.